The fourth-order valence-corrected chi connectivity index (χ4v) is 1.43. The van der Waals surface area contributed by atoms with Crippen molar-refractivity contribution in [3.63, 3.8) is 0 Å². The predicted octanol–water partition coefficient (Wildman–Crippen LogP) is 2.56. The maximum atomic E-state index is 8.38. The minimum absolute atomic E-state index is 0.490. The van der Waals surface area contributed by atoms with Crippen LogP contribution in [0.5, 0.6) is 11.5 Å². The number of nitriles is 2. The van der Waals surface area contributed by atoms with E-state index >= 15 is 0 Å². The van der Waals surface area contributed by atoms with E-state index in [2.05, 4.69) is 0 Å². The van der Waals surface area contributed by atoms with Gasteiger partial charge in [0.15, 0.2) is 0 Å². The Bertz CT molecular complexity index is 553. The second-order valence-electron chi connectivity index (χ2n) is 3.06. The SMILES string of the molecule is N#COc1ccc2cc(OC#N)ccc2c1. The Balaban J connectivity index is 2.46. The molecule has 0 N–H and O–H groups in total. The topological polar surface area (TPSA) is 66.0 Å². The van der Waals surface area contributed by atoms with E-state index in [0.29, 0.717) is 11.5 Å². The number of rotatable bonds is 2. The van der Waals surface area contributed by atoms with Crippen LogP contribution in [0.2, 0.25) is 0 Å². The first-order chi connectivity index (χ1) is 7.83. The molecule has 4 nitrogen and oxygen atoms in total. The second kappa shape index (κ2) is 4.20. The summed E-state index contributed by atoms with van der Waals surface area (Å²) in [4.78, 5) is 0. The van der Waals surface area contributed by atoms with Crippen molar-refractivity contribution >= 4 is 10.8 Å². The highest BCUT2D eigenvalue weighted by atomic mass is 16.5. The van der Waals surface area contributed by atoms with Gasteiger partial charge in [-0.1, -0.05) is 12.1 Å². The van der Waals surface area contributed by atoms with Crippen molar-refractivity contribution in [1.82, 2.24) is 0 Å². The number of hydrogen-bond donors (Lipinski definition) is 0. The summed E-state index contributed by atoms with van der Waals surface area (Å²) in [5.74, 6) is 0.980. The summed E-state index contributed by atoms with van der Waals surface area (Å²) in [5.41, 5.74) is 0. The van der Waals surface area contributed by atoms with E-state index in [-0.39, 0.29) is 0 Å². The van der Waals surface area contributed by atoms with Crippen LogP contribution >= 0.6 is 0 Å². The predicted molar refractivity (Wildman–Crippen MR) is 56.4 cm³/mol. The van der Waals surface area contributed by atoms with Gasteiger partial charge >= 0.3 is 0 Å². The van der Waals surface area contributed by atoms with Crippen molar-refractivity contribution in [2.45, 2.75) is 0 Å². The number of nitrogens with zero attached hydrogens (tertiary/aromatic N) is 2. The average molecular weight is 210 g/mol. The van der Waals surface area contributed by atoms with Crippen molar-refractivity contribution in [2.75, 3.05) is 0 Å². The van der Waals surface area contributed by atoms with Crippen LogP contribution in [0.25, 0.3) is 10.8 Å². The third-order valence-corrected chi connectivity index (χ3v) is 2.11. The van der Waals surface area contributed by atoms with Crippen LogP contribution in [0.3, 0.4) is 0 Å². The van der Waals surface area contributed by atoms with Gasteiger partial charge in [-0.05, 0) is 35.0 Å². The maximum Gasteiger partial charge on any atom is 0.292 e. The summed E-state index contributed by atoms with van der Waals surface area (Å²) in [7, 11) is 0. The first-order valence-electron chi connectivity index (χ1n) is 4.49. The smallest absolute Gasteiger partial charge is 0.292 e. The molecule has 0 heterocycles. The summed E-state index contributed by atoms with van der Waals surface area (Å²) in [5, 5.41) is 18.6. The maximum absolute atomic E-state index is 8.38. The van der Waals surface area contributed by atoms with Crippen molar-refractivity contribution in [1.29, 1.82) is 10.5 Å². The van der Waals surface area contributed by atoms with Gasteiger partial charge in [0, 0.05) is 0 Å². The lowest BCUT2D eigenvalue weighted by Gasteiger charge is -2.01. The molecule has 0 saturated carbocycles. The quantitative estimate of drug-likeness (QED) is 0.714. The van der Waals surface area contributed by atoms with Gasteiger partial charge < -0.3 is 9.47 Å². The Morgan fingerprint density at radius 3 is 1.56 bits per heavy atom. The zero-order valence-corrected chi connectivity index (χ0v) is 8.18. The first-order valence-corrected chi connectivity index (χ1v) is 4.49. The van der Waals surface area contributed by atoms with Crippen LogP contribution in [0.4, 0.5) is 0 Å². The Kier molecular flexibility index (Phi) is 2.58. The second-order valence-corrected chi connectivity index (χ2v) is 3.06. The molecule has 2 aromatic rings. The van der Waals surface area contributed by atoms with Crippen molar-refractivity contribution < 1.29 is 9.47 Å². The molecule has 0 aliphatic rings. The summed E-state index contributed by atoms with van der Waals surface area (Å²) in [6.45, 7) is 0. The van der Waals surface area contributed by atoms with E-state index in [4.69, 9.17) is 20.0 Å². The van der Waals surface area contributed by atoms with Crippen molar-refractivity contribution in [3.8, 4) is 24.0 Å². The number of ether oxygens (including phenoxy) is 2. The molecular formula is C12H6N2O2. The highest BCUT2D eigenvalue weighted by molar-refractivity contribution is 5.85. The van der Waals surface area contributed by atoms with Gasteiger partial charge in [0.1, 0.15) is 11.5 Å². The van der Waals surface area contributed by atoms with Crippen LogP contribution < -0.4 is 9.47 Å². The van der Waals surface area contributed by atoms with Gasteiger partial charge in [-0.25, -0.2) is 0 Å². The molecular weight excluding hydrogens is 204 g/mol. The summed E-state index contributed by atoms with van der Waals surface area (Å²) >= 11 is 0. The lowest BCUT2D eigenvalue weighted by molar-refractivity contribution is 0.506. The molecule has 0 spiro atoms. The molecule has 0 bridgehead atoms. The Morgan fingerprint density at radius 1 is 0.750 bits per heavy atom. The monoisotopic (exact) mass is 210 g/mol. The van der Waals surface area contributed by atoms with Crippen molar-refractivity contribution in [2.24, 2.45) is 0 Å². The molecule has 0 radical (unpaired) electrons. The van der Waals surface area contributed by atoms with Gasteiger partial charge in [-0.2, -0.15) is 0 Å². The zero-order chi connectivity index (χ0) is 11.4. The largest absolute Gasteiger partial charge is 0.388 e. The molecule has 0 aromatic heterocycles. The van der Waals surface area contributed by atoms with Crippen LogP contribution in [0, 0.1) is 23.0 Å². The fraction of sp³-hybridized carbons (Fsp3) is 0. The number of benzene rings is 2. The summed E-state index contributed by atoms with van der Waals surface area (Å²) < 4.78 is 9.43. The minimum Gasteiger partial charge on any atom is -0.388 e. The highest BCUT2D eigenvalue weighted by Crippen LogP contribution is 2.24. The molecule has 4 heteroatoms. The normalized spacial score (nSPS) is 9.12. The van der Waals surface area contributed by atoms with Gasteiger partial charge in [-0.15, -0.1) is 10.5 Å². The van der Waals surface area contributed by atoms with Gasteiger partial charge in [0.25, 0.3) is 12.5 Å². The molecule has 0 unspecified atom stereocenters. The number of hydrogen-bond acceptors (Lipinski definition) is 4. The van der Waals surface area contributed by atoms with Crippen LogP contribution in [-0.2, 0) is 0 Å². The molecule has 0 aliphatic heterocycles. The lowest BCUT2D eigenvalue weighted by atomic mass is 10.1. The van der Waals surface area contributed by atoms with E-state index in [0.717, 1.165) is 10.8 Å². The van der Waals surface area contributed by atoms with E-state index in [1.165, 1.54) is 0 Å². The van der Waals surface area contributed by atoms with Crippen molar-refractivity contribution in [3.05, 3.63) is 36.4 Å². The molecule has 2 aromatic carbocycles. The van der Waals surface area contributed by atoms with E-state index in [1.807, 2.05) is 0 Å². The molecule has 0 aliphatic carbocycles. The van der Waals surface area contributed by atoms with Crippen LogP contribution in [0.15, 0.2) is 36.4 Å². The molecule has 2 rings (SSSR count). The van der Waals surface area contributed by atoms with E-state index in [1.54, 1.807) is 48.9 Å². The third kappa shape index (κ3) is 1.87. The van der Waals surface area contributed by atoms with Gasteiger partial charge in [-0.3, -0.25) is 0 Å². The minimum atomic E-state index is 0.490. The van der Waals surface area contributed by atoms with Gasteiger partial charge in [0.05, 0.1) is 0 Å². The first kappa shape index (κ1) is 9.82. The molecule has 16 heavy (non-hydrogen) atoms. The fourth-order valence-electron chi connectivity index (χ4n) is 1.43. The Morgan fingerprint density at radius 2 is 1.19 bits per heavy atom. The van der Waals surface area contributed by atoms with Gasteiger partial charge in [0.2, 0.25) is 0 Å². The number of fused-ring (bicyclic) bond motifs is 1. The molecule has 76 valence electrons. The standard InChI is InChI=1S/C12H6N2O2/c13-7-15-11-3-1-9-5-12(16-8-14)4-2-10(9)6-11/h1-6H. The summed E-state index contributed by atoms with van der Waals surface area (Å²) in [6.07, 6.45) is 3.23. The molecule has 0 fully saturated rings. The van der Waals surface area contributed by atoms with E-state index < -0.39 is 0 Å². The Labute approximate surface area is 91.9 Å². The lowest BCUT2D eigenvalue weighted by Crippen LogP contribution is -1.84. The summed E-state index contributed by atoms with van der Waals surface area (Å²) in [6, 6.07) is 10.4. The van der Waals surface area contributed by atoms with Crippen LogP contribution in [-0.4, -0.2) is 0 Å². The average Bonchev–Trinajstić information content (AvgIpc) is 2.30. The molecule has 0 amide bonds. The van der Waals surface area contributed by atoms with E-state index in [9.17, 15) is 0 Å². The molecule has 0 atom stereocenters. The third-order valence-electron chi connectivity index (χ3n) is 2.11. The zero-order valence-electron chi connectivity index (χ0n) is 8.18. The molecule has 0 saturated heterocycles. The highest BCUT2D eigenvalue weighted by Gasteiger charge is 2.00. The van der Waals surface area contributed by atoms with Crippen LogP contribution in [0.1, 0.15) is 0 Å². The Hall–Kier alpha value is -2.72.